The maximum absolute atomic E-state index is 13.7. The third-order valence-electron chi connectivity index (χ3n) is 4.65. The lowest BCUT2D eigenvalue weighted by molar-refractivity contribution is -0.183. The molecule has 1 unspecified atom stereocenters. The molecule has 7 heteroatoms. The Morgan fingerprint density at radius 1 is 1.28 bits per heavy atom. The number of hydrogen-bond donors (Lipinski definition) is 1. The van der Waals surface area contributed by atoms with Gasteiger partial charge in [-0.1, -0.05) is 32.8 Å². The zero-order chi connectivity index (χ0) is 18.8. The van der Waals surface area contributed by atoms with E-state index < -0.39 is 36.5 Å². The summed E-state index contributed by atoms with van der Waals surface area (Å²) in [4.78, 5) is 25.5. The van der Waals surface area contributed by atoms with Crippen LogP contribution in [0.25, 0.3) is 0 Å². The highest BCUT2D eigenvalue weighted by Crippen LogP contribution is 2.37. The van der Waals surface area contributed by atoms with Gasteiger partial charge in [0, 0.05) is 23.6 Å². The number of rotatable bonds is 6. The summed E-state index contributed by atoms with van der Waals surface area (Å²) in [6.45, 7) is 3.78. The van der Waals surface area contributed by atoms with Crippen molar-refractivity contribution in [3.63, 3.8) is 0 Å². The first-order valence-corrected chi connectivity index (χ1v) is 8.53. The fourth-order valence-electron chi connectivity index (χ4n) is 3.59. The van der Waals surface area contributed by atoms with Crippen LogP contribution in [-0.4, -0.2) is 35.0 Å². The molecular formula is C18H23F3N2O2. The molecule has 2 rings (SSSR count). The summed E-state index contributed by atoms with van der Waals surface area (Å²) in [5.74, 6) is -1.49. The van der Waals surface area contributed by atoms with E-state index in [2.05, 4.69) is 0 Å². The van der Waals surface area contributed by atoms with Gasteiger partial charge < -0.3 is 10.6 Å². The first-order valence-electron chi connectivity index (χ1n) is 8.53. The summed E-state index contributed by atoms with van der Waals surface area (Å²) in [5.41, 5.74) is 5.52. The summed E-state index contributed by atoms with van der Waals surface area (Å²) in [6.07, 6.45) is -2.61. The Kier molecular flexibility index (Phi) is 5.75. The number of primary amides is 1. The number of nitrogens with zero attached hydrogens (tertiary/aromatic N) is 1. The largest absolute Gasteiger partial charge is 0.409 e. The third kappa shape index (κ3) is 3.80. The van der Waals surface area contributed by atoms with Gasteiger partial charge in [-0.15, -0.1) is 0 Å². The lowest BCUT2D eigenvalue weighted by Gasteiger charge is -2.43. The minimum absolute atomic E-state index is 0.0118. The average molecular weight is 356 g/mol. The number of amides is 2. The van der Waals surface area contributed by atoms with E-state index in [1.165, 1.54) is 18.2 Å². The van der Waals surface area contributed by atoms with Crippen LogP contribution in [0.3, 0.4) is 0 Å². The number of hydrogen-bond acceptors (Lipinski definition) is 2. The normalized spacial score (nSPS) is 17.8. The van der Waals surface area contributed by atoms with Crippen molar-refractivity contribution in [3.8, 4) is 0 Å². The Bertz CT molecular complexity index is 652. The number of fused-ring (bicyclic) bond motifs is 1. The molecule has 2 amide bonds. The van der Waals surface area contributed by atoms with Crippen LogP contribution in [0.1, 0.15) is 65.8 Å². The molecule has 1 heterocycles. The monoisotopic (exact) mass is 356 g/mol. The molecule has 0 aromatic heterocycles. The first-order chi connectivity index (χ1) is 11.7. The fraction of sp³-hybridized carbons (Fsp3) is 0.556. The Morgan fingerprint density at radius 2 is 1.88 bits per heavy atom. The van der Waals surface area contributed by atoms with Gasteiger partial charge in [0.15, 0.2) is 0 Å². The molecule has 0 aliphatic carbocycles. The molecule has 2 N–H and O–H groups in total. The SMILES string of the molecule is CCCC(CCC)N1C(=O)c2cccc(C(N)=O)c2CC1C(F)(F)F. The molecule has 1 aliphatic rings. The summed E-state index contributed by atoms with van der Waals surface area (Å²) < 4.78 is 41.2. The van der Waals surface area contributed by atoms with Crippen molar-refractivity contribution in [2.75, 3.05) is 0 Å². The molecule has 25 heavy (non-hydrogen) atoms. The van der Waals surface area contributed by atoms with Crippen molar-refractivity contribution >= 4 is 11.8 Å². The van der Waals surface area contributed by atoms with E-state index in [1.807, 2.05) is 13.8 Å². The Labute approximate surface area is 145 Å². The van der Waals surface area contributed by atoms with Gasteiger partial charge in [0.05, 0.1) is 0 Å². The molecule has 0 bridgehead atoms. The second-order valence-corrected chi connectivity index (χ2v) is 6.40. The summed E-state index contributed by atoms with van der Waals surface area (Å²) in [5, 5.41) is 0. The van der Waals surface area contributed by atoms with E-state index in [1.54, 1.807) is 0 Å². The van der Waals surface area contributed by atoms with Crippen molar-refractivity contribution in [1.29, 1.82) is 0 Å². The van der Waals surface area contributed by atoms with E-state index >= 15 is 0 Å². The molecule has 0 saturated heterocycles. The van der Waals surface area contributed by atoms with Crippen molar-refractivity contribution in [2.24, 2.45) is 5.73 Å². The predicted octanol–water partition coefficient (Wildman–Crippen LogP) is 3.68. The molecule has 0 radical (unpaired) electrons. The smallest absolute Gasteiger partial charge is 0.366 e. The Morgan fingerprint density at radius 3 is 2.36 bits per heavy atom. The van der Waals surface area contributed by atoms with Crippen LogP contribution in [0.5, 0.6) is 0 Å². The predicted molar refractivity (Wildman–Crippen MR) is 88.3 cm³/mol. The highest BCUT2D eigenvalue weighted by Gasteiger charge is 2.50. The van der Waals surface area contributed by atoms with Crippen LogP contribution in [0.2, 0.25) is 0 Å². The van der Waals surface area contributed by atoms with Crippen LogP contribution in [0.15, 0.2) is 18.2 Å². The number of benzene rings is 1. The van der Waals surface area contributed by atoms with E-state index in [-0.39, 0.29) is 16.7 Å². The number of carbonyl (C=O) groups excluding carboxylic acids is 2. The molecule has 0 saturated carbocycles. The van der Waals surface area contributed by atoms with Crippen LogP contribution in [-0.2, 0) is 6.42 Å². The van der Waals surface area contributed by atoms with Crippen molar-refractivity contribution in [2.45, 2.75) is 64.2 Å². The van der Waals surface area contributed by atoms with Gasteiger partial charge >= 0.3 is 6.18 Å². The fourth-order valence-corrected chi connectivity index (χ4v) is 3.59. The van der Waals surface area contributed by atoms with E-state index in [4.69, 9.17) is 5.73 Å². The van der Waals surface area contributed by atoms with Crippen LogP contribution >= 0.6 is 0 Å². The number of alkyl halides is 3. The van der Waals surface area contributed by atoms with Gasteiger partial charge in [-0.2, -0.15) is 13.2 Å². The molecule has 0 fully saturated rings. The van der Waals surface area contributed by atoms with Crippen LogP contribution in [0.4, 0.5) is 13.2 Å². The molecule has 1 aliphatic heterocycles. The second-order valence-electron chi connectivity index (χ2n) is 6.40. The molecule has 1 aromatic rings. The van der Waals surface area contributed by atoms with Crippen molar-refractivity contribution < 1.29 is 22.8 Å². The third-order valence-corrected chi connectivity index (χ3v) is 4.65. The van der Waals surface area contributed by atoms with Crippen molar-refractivity contribution in [1.82, 2.24) is 4.90 Å². The van der Waals surface area contributed by atoms with Gasteiger partial charge in [-0.05, 0) is 30.5 Å². The number of carbonyl (C=O) groups is 2. The van der Waals surface area contributed by atoms with E-state index in [0.717, 1.165) is 4.90 Å². The zero-order valence-corrected chi connectivity index (χ0v) is 14.4. The highest BCUT2D eigenvalue weighted by molar-refractivity contribution is 6.02. The Balaban J connectivity index is 2.57. The maximum atomic E-state index is 13.7. The highest BCUT2D eigenvalue weighted by atomic mass is 19.4. The summed E-state index contributed by atoms with van der Waals surface area (Å²) in [6, 6.07) is 1.92. The molecule has 1 aromatic carbocycles. The van der Waals surface area contributed by atoms with Gasteiger partial charge in [0.25, 0.3) is 5.91 Å². The van der Waals surface area contributed by atoms with Gasteiger partial charge in [0.1, 0.15) is 6.04 Å². The van der Waals surface area contributed by atoms with Gasteiger partial charge in [-0.3, -0.25) is 9.59 Å². The molecule has 0 spiro atoms. The molecular weight excluding hydrogens is 333 g/mol. The minimum atomic E-state index is -4.57. The number of nitrogens with two attached hydrogens (primary N) is 1. The van der Waals surface area contributed by atoms with Gasteiger partial charge in [0.2, 0.25) is 5.91 Å². The van der Waals surface area contributed by atoms with Crippen molar-refractivity contribution in [3.05, 3.63) is 34.9 Å². The standard InChI is InChI=1S/C18H23F3N2O2/c1-3-6-11(7-4-2)23-15(18(19,20)21)10-14-12(16(22)24)8-5-9-13(14)17(23)25/h5,8-9,11,15H,3-4,6-7,10H2,1-2H3,(H2,22,24). The molecule has 4 nitrogen and oxygen atoms in total. The molecule has 138 valence electrons. The summed E-state index contributed by atoms with van der Waals surface area (Å²) in [7, 11) is 0. The average Bonchev–Trinajstić information content (AvgIpc) is 2.53. The minimum Gasteiger partial charge on any atom is -0.366 e. The zero-order valence-electron chi connectivity index (χ0n) is 14.4. The topological polar surface area (TPSA) is 63.4 Å². The lowest BCUT2D eigenvalue weighted by atomic mass is 9.86. The Hall–Kier alpha value is -2.05. The van der Waals surface area contributed by atoms with E-state index in [0.29, 0.717) is 25.7 Å². The molecule has 1 atom stereocenters. The van der Waals surface area contributed by atoms with Crippen LogP contribution < -0.4 is 5.73 Å². The maximum Gasteiger partial charge on any atom is 0.409 e. The van der Waals surface area contributed by atoms with Crippen LogP contribution in [0, 0.1) is 0 Å². The quantitative estimate of drug-likeness (QED) is 0.845. The van der Waals surface area contributed by atoms with E-state index in [9.17, 15) is 22.8 Å². The summed E-state index contributed by atoms with van der Waals surface area (Å²) >= 11 is 0. The second kappa shape index (κ2) is 7.45. The lowest BCUT2D eigenvalue weighted by Crippen LogP contribution is -2.57. The first kappa shape index (κ1) is 19.3. The number of halogens is 3. The van der Waals surface area contributed by atoms with Gasteiger partial charge in [-0.25, -0.2) is 0 Å².